The Hall–Kier alpha value is -5.60. The molecule has 5 nitrogen and oxygen atoms in total. The number of ether oxygens (including phenoxy) is 1. The predicted octanol–water partition coefficient (Wildman–Crippen LogP) is 11.8. The van der Waals surface area contributed by atoms with Gasteiger partial charge in [0, 0.05) is 40.4 Å². The molecule has 2 aromatic heterocycles. The third-order valence-corrected chi connectivity index (χ3v) is 9.76. The van der Waals surface area contributed by atoms with Gasteiger partial charge in [-0.25, -0.2) is 4.98 Å². The second-order valence-electron chi connectivity index (χ2n) is 13.6. The Morgan fingerprint density at radius 3 is 2.10 bits per heavy atom. The van der Waals surface area contributed by atoms with E-state index < -0.39 is 0 Å². The van der Waals surface area contributed by atoms with E-state index in [9.17, 15) is 0 Å². The molecule has 0 unspecified atom stereocenters. The van der Waals surface area contributed by atoms with Crippen molar-refractivity contribution in [2.45, 2.75) is 39.5 Å². The van der Waals surface area contributed by atoms with Crippen molar-refractivity contribution < 1.29 is 25.8 Å². The van der Waals surface area contributed by atoms with E-state index in [0.29, 0.717) is 23.3 Å². The number of para-hydroxylation sites is 2. The molecule has 0 fully saturated rings. The van der Waals surface area contributed by atoms with E-state index in [1.807, 2.05) is 42.6 Å². The van der Waals surface area contributed by atoms with Gasteiger partial charge < -0.3 is 9.30 Å². The van der Waals surface area contributed by atoms with Gasteiger partial charge >= 0.3 is 32.8 Å². The van der Waals surface area contributed by atoms with Crippen LogP contribution in [0.1, 0.15) is 50.7 Å². The second-order valence-corrected chi connectivity index (χ2v) is 13.6. The molecular weight excluding hydrogens is 820 g/mol. The van der Waals surface area contributed by atoms with Crippen molar-refractivity contribution in [2.24, 2.45) is 0 Å². The normalized spacial score (nSPS) is 12.3. The molecule has 0 radical (unpaired) electrons. The first-order valence-electron chi connectivity index (χ1n) is 17.5. The molecule has 6 aromatic carbocycles. The molecule has 1 aliphatic rings. The molecule has 1 aliphatic heterocycles. The number of nitrogens with zero attached hydrogens (tertiary/aromatic N) is 4. The second kappa shape index (κ2) is 13.5. The zero-order valence-corrected chi connectivity index (χ0v) is 31.6. The SMILES string of the molecule is CC(C)c1cccc(C(C)C)c1[N+]1=C=[N+](c2[c-]c(Oc3[c-]c4c(cc3)c3ccccc3n4-c3ccccn3)ccc2)c2ccc3ccccc3c21.[Pt+2]. The van der Waals surface area contributed by atoms with Gasteiger partial charge in [-0.15, -0.1) is 23.6 Å². The van der Waals surface area contributed by atoms with Gasteiger partial charge in [0.05, 0.1) is 5.39 Å². The Morgan fingerprint density at radius 2 is 1.33 bits per heavy atom. The summed E-state index contributed by atoms with van der Waals surface area (Å²) in [6.07, 6.45) is 1.82. The largest absolute Gasteiger partial charge is 2.00 e. The molecule has 8 aromatic rings. The van der Waals surface area contributed by atoms with E-state index in [0.717, 1.165) is 44.7 Å². The van der Waals surface area contributed by atoms with E-state index in [1.54, 1.807) is 0 Å². The summed E-state index contributed by atoms with van der Waals surface area (Å²) in [4.78, 5) is 4.67. The average Bonchev–Trinajstić information content (AvgIpc) is 3.71. The van der Waals surface area contributed by atoms with Crippen LogP contribution >= 0.6 is 0 Å². The number of rotatable bonds is 7. The van der Waals surface area contributed by atoms with E-state index >= 15 is 0 Å². The van der Waals surface area contributed by atoms with Crippen LogP contribution in [0.2, 0.25) is 0 Å². The minimum absolute atomic E-state index is 0. The van der Waals surface area contributed by atoms with Crippen molar-refractivity contribution in [1.29, 1.82) is 0 Å². The first-order chi connectivity index (χ1) is 25.0. The summed E-state index contributed by atoms with van der Waals surface area (Å²) in [5.74, 6) is 2.70. The maximum Gasteiger partial charge on any atom is 2.00 e. The maximum atomic E-state index is 6.53. The van der Waals surface area contributed by atoms with Gasteiger partial charge in [-0.05, 0) is 57.5 Å². The molecule has 0 N–H and O–H groups in total. The van der Waals surface area contributed by atoms with Crippen LogP contribution in [0.4, 0.5) is 22.7 Å². The Kier molecular flexibility index (Phi) is 8.71. The molecule has 0 aliphatic carbocycles. The quantitative estimate of drug-likeness (QED) is 0.118. The molecule has 0 bridgehead atoms. The molecule has 6 heteroatoms. The summed E-state index contributed by atoms with van der Waals surface area (Å²) in [6.45, 7) is 9.05. The van der Waals surface area contributed by atoms with Gasteiger partial charge in [0.15, 0.2) is 0 Å². The van der Waals surface area contributed by atoms with Gasteiger partial charge in [-0.3, -0.25) is 0 Å². The number of aromatic nitrogens is 2. The Morgan fingerprint density at radius 1 is 0.615 bits per heavy atom. The van der Waals surface area contributed by atoms with Crippen molar-refractivity contribution in [3.8, 4) is 17.3 Å². The molecule has 0 amide bonds. The van der Waals surface area contributed by atoms with Crippen molar-refractivity contribution >= 4 is 61.3 Å². The summed E-state index contributed by atoms with van der Waals surface area (Å²) < 4.78 is 13.1. The van der Waals surface area contributed by atoms with Gasteiger partial charge in [0.25, 0.3) is 5.69 Å². The zero-order chi connectivity index (χ0) is 34.6. The summed E-state index contributed by atoms with van der Waals surface area (Å²) in [5, 5.41) is 4.60. The van der Waals surface area contributed by atoms with E-state index in [4.69, 9.17) is 4.74 Å². The molecule has 9 rings (SSSR count). The fourth-order valence-corrected chi connectivity index (χ4v) is 7.38. The number of benzene rings is 6. The van der Waals surface area contributed by atoms with Gasteiger partial charge in [-0.1, -0.05) is 111 Å². The summed E-state index contributed by atoms with van der Waals surface area (Å²) in [6, 6.07) is 55.0. The standard InChI is InChI=1S/C46H36N4O.Pt/c1-30(2)36-18-12-19-37(31(3)4)45(36)49-29-48(42-25-22-32-13-5-6-16-38(32)46(42)49)33-14-11-15-34(27-33)51-35-23-24-40-39-17-7-8-20-41(39)50(43(40)28-35)44-21-9-10-26-47-44;/h5-26,30-31H,1-4H3;/q;+2. The smallest absolute Gasteiger partial charge is 0.509 e. The number of pyridine rings is 1. The van der Waals surface area contributed by atoms with Gasteiger partial charge in [0.2, 0.25) is 5.69 Å². The van der Waals surface area contributed by atoms with E-state index in [2.05, 4.69) is 156 Å². The number of hydrogen-bond acceptors (Lipinski definition) is 2. The Bertz CT molecular complexity index is 2690. The van der Waals surface area contributed by atoms with Crippen LogP contribution in [-0.2, 0) is 21.1 Å². The van der Waals surface area contributed by atoms with Crippen LogP contribution in [0.5, 0.6) is 11.5 Å². The average molecular weight is 856 g/mol. The molecule has 52 heavy (non-hydrogen) atoms. The number of fused-ring (bicyclic) bond motifs is 6. The maximum absolute atomic E-state index is 6.53. The molecule has 254 valence electrons. The van der Waals surface area contributed by atoms with Crippen LogP contribution in [0, 0.1) is 12.1 Å². The molecule has 0 atom stereocenters. The third-order valence-electron chi connectivity index (χ3n) is 9.76. The summed E-state index contributed by atoms with van der Waals surface area (Å²) in [7, 11) is 0. The van der Waals surface area contributed by atoms with E-state index in [1.165, 1.54) is 27.6 Å². The molecule has 0 spiro atoms. The van der Waals surface area contributed by atoms with Crippen molar-refractivity contribution in [3.05, 3.63) is 157 Å². The topological polar surface area (TPSA) is 33.1 Å². The molecule has 3 heterocycles. The van der Waals surface area contributed by atoms with Gasteiger partial charge in [-0.2, -0.15) is 12.1 Å². The fraction of sp³-hybridized carbons (Fsp3) is 0.130. The Balaban J connectivity index is 0.00000387. The first-order valence-corrected chi connectivity index (χ1v) is 17.5. The monoisotopic (exact) mass is 855 g/mol. The van der Waals surface area contributed by atoms with Crippen molar-refractivity contribution in [2.75, 3.05) is 0 Å². The van der Waals surface area contributed by atoms with Crippen molar-refractivity contribution in [3.63, 3.8) is 0 Å². The molecular formula is C46H36N4OPt+2. The van der Waals surface area contributed by atoms with Crippen molar-refractivity contribution in [1.82, 2.24) is 18.7 Å². The predicted molar refractivity (Wildman–Crippen MR) is 209 cm³/mol. The van der Waals surface area contributed by atoms with Crippen LogP contribution in [0.3, 0.4) is 0 Å². The van der Waals surface area contributed by atoms with Crippen LogP contribution < -0.4 is 13.9 Å². The Labute approximate surface area is 318 Å². The molecule has 0 saturated heterocycles. The summed E-state index contributed by atoms with van der Waals surface area (Å²) >= 11 is 0. The molecule has 0 saturated carbocycles. The van der Waals surface area contributed by atoms with Gasteiger partial charge in [0.1, 0.15) is 11.5 Å². The minimum Gasteiger partial charge on any atom is -0.509 e. The fourth-order valence-electron chi connectivity index (χ4n) is 7.38. The van der Waals surface area contributed by atoms with Crippen LogP contribution in [0.15, 0.2) is 134 Å². The first kappa shape index (κ1) is 33.5. The summed E-state index contributed by atoms with van der Waals surface area (Å²) in [5.41, 5.74) is 8.76. The van der Waals surface area contributed by atoms with Crippen LogP contribution in [0.25, 0.3) is 38.4 Å². The zero-order valence-electron chi connectivity index (χ0n) is 29.4. The third kappa shape index (κ3) is 5.58. The number of hydrogen-bond donors (Lipinski definition) is 0. The minimum atomic E-state index is 0. The van der Waals surface area contributed by atoms with Crippen LogP contribution in [-0.4, -0.2) is 15.6 Å². The van der Waals surface area contributed by atoms with E-state index in [-0.39, 0.29) is 21.1 Å².